The first-order valence-corrected chi connectivity index (χ1v) is 4.98. The monoisotopic (exact) mass is 168 g/mol. The Labute approximate surface area is 62.2 Å². The lowest BCUT2D eigenvalue weighted by Gasteiger charge is -2.25. The Hall–Kier alpha value is 0.270. The minimum Gasteiger partial charge on any atom is -0.632 e. The molecule has 0 saturated carbocycles. The molecule has 0 radical (unpaired) electrons. The molecule has 5 heteroatoms. The van der Waals surface area contributed by atoms with Gasteiger partial charge in [-0.2, -0.15) is 4.52 Å². The van der Waals surface area contributed by atoms with Crippen LogP contribution in [0.1, 0.15) is 0 Å². The molecule has 0 heterocycles. The smallest absolute Gasteiger partial charge is 0.239 e. The van der Waals surface area contributed by atoms with Crippen molar-refractivity contribution in [1.29, 1.82) is 0 Å². The predicted molar refractivity (Wildman–Crippen MR) is 39.0 cm³/mol. The topological polar surface area (TPSA) is 52.5 Å². The number of quaternary nitrogens is 1. The highest BCUT2D eigenvalue weighted by atomic mass is 31.2. The first-order chi connectivity index (χ1) is 4.21. The van der Waals surface area contributed by atoms with Crippen molar-refractivity contribution in [2.45, 2.75) is 0 Å². The van der Waals surface area contributed by atoms with Crippen LogP contribution in [-0.2, 0) is 4.52 Å². The lowest BCUT2D eigenvalue weighted by molar-refractivity contribution is -0.887. The number of nitrogens with zero attached hydrogens (tertiary/aromatic N) is 1. The molecule has 0 fully saturated rings. The Morgan fingerprint density at radius 2 is 1.90 bits per heavy atom. The lowest BCUT2D eigenvalue weighted by atomic mass is 10.7. The number of hydrogen-bond donors (Lipinski definition) is 1. The van der Waals surface area contributed by atoms with Gasteiger partial charge in [0.1, 0.15) is 0 Å². The maximum Gasteiger partial charge on any atom is 0.239 e. The fourth-order valence-corrected chi connectivity index (χ4v) is 0.841. The minimum absolute atomic E-state index is 0.254. The molecule has 0 saturated heterocycles. The predicted octanol–water partition coefficient (Wildman–Crippen LogP) is -0.588. The summed E-state index contributed by atoms with van der Waals surface area (Å²) in [5.74, 6) is 0. The molecule has 0 amide bonds. The van der Waals surface area contributed by atoms with Crippen molar-refractivity contribution in [3.63, 3.8) is 0 Å². The van der Waals surface area contributed by atoms with E-state index in [0.29, 0.717) is 4.48 Å². The first kappa shape index (κ1) is 10.3. The Balaban J connectivity index is 3.56. The number of rotatable bonds is 3. The van der Waals surface area contributed by atoms with Gasteiger partial charge in [-0.15, -0.1) is 0 Å². The second-order valence-electron chi connectivity index (χ2n) is 3.35. The van der Waals surface area contributed by atoms with E-state index in [1.807, 2.05) is 21.1 Å². The molecule has 0 aliphatic rings. The fourth-order valence-electron chi connectivity index (χ4n) is 0.280. The van der Waals surface area contributed by atoms with Gasteiger partial charge in [-0.25, -0.2) is 4.89 Å². The van der Waals surface area contributed by atoms with E-state index in [-0.39, 0.29) is 6.73 Å². The highest BCUT2D eigenvalue weighted by molar-refractivity contribution is 7.57. The van der Waals surface area contributed by atoms with E-state index in [4.69, 9.17) is 4.89 Å². The van der Waals surface area contributed by atoms with E-state index in [2.05, 4.69) is 4.52 Å². The Morgan fingerprint density at radius 1 is 1.50 bits per heavy atom. The largest absolute Gasteiger partial charge is 0.632 e. The van der Waals surface area contributed by atoms with Gasteiger partial charge in [0.15, 0.2) is 0 Å². The van der Waals surface area contributed by atoms with E-state index < -0.39 is 7.94 Å². The molecule has 0 aromatic rings. The maximum atomic E-state index is 10.6. The van der Waals surface area contributed by atoms with Crippen LogP contribution in [0.15, 0.2) is 0 Å². The molecule has 1 N–H and O–H groups in total. The molecule has 0 bridgehead atoms. The van der Waals surface area contributed by atoms with Crippen LogP contribution in [0.25, 0.3) is 0 Å². The van der Waals surface area contributed by atoms with E-state index in [1.54, 1.807) is 0 Å². The maximum absolute atomic E-state index is 10.6. The summed E-state index contributed by atoms with van der Waals surface area (Å²) in [6, 6.07) is 0. The van der Waals surface area contributed by atoms with Gasteiger partial charge in [0.2, 0.25) is 14.7 Å². The summed E-state index contributed by atoms with van der Waals surface area (Å²) in [4.78, 5) is 19.3. The second-order valence-corrected chi connectivity index (χ2v) is 5.22. The molecule has 0 spiro atoms. The standard InChI is InChI=1S/C5H14NO3P/c1-6(2,3)5-9-10(4,7)8/h5H2,1-4H3/p+1. The zero-order valence-corrected chi connectivity index (χ0v) is 7.76. The van der Waals surface area contributed by atoms with Crippen LogP contribution in [0.5, 0.6) is 0 Å². The highest BCUT2D eigenvalue weighted by Gasteiger charge is 2.20. The van der Waals surface area contributed by atoms with Gasteiger partial charge in [0.05, 0.1) is 27.8 Å². The molecule has 1 atom stereocenters. The minimum atomic E-state index is -3.28. The van der Waals surface area contributed by atoms with Crippen molar-refractivity contribution < 1.29 is 18.8 Å². The summed E-state index contributed by atoms with van der Waals surface area (Å²) >= 11 is 0. The molecular formula is C5H15NO3P+. The normalized spacial score (nSPS) is 18.6. The van der Waals surface area contributed by atoms with Crippen molar-refractivity contribution in [2.75, 3.05) is 34.5 Å². The average molecular weight is 168 g/mol. The van der Waals surface area contributed by atoms with Gasteiger partial charge in [0, 0.05) is 0 Å². The van der Waals surface area contributed by atoms with Gasteiger partial charge < -0.3 is 9.38 Å². The molecule has 0 aliphatic carbocycles. The zero-order chi connectivity index (χ0) is 8.41. The Morgan fingerprint density at radius 3 is 2.00 bits per heavy atom. The van der Waals surface area contributed by atoms with Crippen molar-refractivity contribution in [3.8, 4) is 0 Å². The zero-order valence-electron chi connectivity index (χ0n) is 6.87. The molecule has 10 heavy (non-hydrogen) atoms. The molecular weight excluding hydrogens is 153 g/mol. The third-order valence-electron chi connectivity index (χ3n) is 0.685. The summed E-state index contributed by atoms with van der Waals surface area (Å²) in [6.07, 6.45) is 0. The van der Waals surface area contributed by atoms with Gasteiger partial charge in [0.25, 0.3) is 0 Å². The molecule has 4 nitrogen and oxygen atoms in total. The van der Waals surface area contributed by atoms with Crippen LogP contribution in [0.4, 0.5) is 0 Å². The second kappa shape index (κ2) is 3.11. The van der Waals surface area contributed by atoms with Gasteiger partial charge in [-0.1, -0.05) is 0 Å². The quantitative estimate of drug-likeness (QED) is 0.348. The third kappa shape index (κ3) is 8.27. The van der Waals surface area contributed by atoms with Crippen LogP contribution in [-0.4, -0.2) is 43.9 Å². The van der Waals surface area contributed by atoms with Crippen LogP contribution in [0.2, 0.25) is 0 Å². The van der Waals surface area contributed by atoms with Crippen molar-refractivity contribution in [2.24, 2.45) is 0 Å². The van der Waals surface area contributed by atoms with Crippen LogP contribution < -0.4 is 4.89 Å². The summed E-state index contributed by atoms with van der Waals surface area (Å²) in [5, 5.41) is 0. The van der Waals surface area contributed by atoms with Crippen molar-refractivity contribution in [1.82, 2.24) is 0 Å². The lowest BCUT2D eigenvalue weighted by Crippen LogP contribution is -2.37. The van der Waals surface area contributed by atoms with Crippen LogP contribution in [0.3, 0.4) is 0 Å². The average Bonchev–Trinajstić information content (AvgIpc) is 1.57. The molecule has 0 rings (SSSR count). The summed E-state index contributed by atoms with van der Waals surface area (Å²) in [5.41, 5.74) is 0. The highest BCUT2D eigenvalue weighted by Crippen LogP contribution is 2.41. The van der Waals surface area contributed by atoms with Gasteiger partial charge >= 0.3 is 0 Å². The Bertz CT molecular complexity index is 90.4. The SMILES string of the molecule is C[N+](C)(C)CO[P+](C)([O-])O. The van der Waals surface area contributed by atoms with Gasteiger partial charge in [-0.05, 0) is 0 Å². The van der Waals surface area contributed by atoms with E-state index in [9.17, 15) is 4.89 Å². The van der Waals surface area contributed by atoms with E-state index >= 15 is 0 Å². The van der Waals surface area contributed by atoms with E-state index in [0.717, 1.165) is 0 Å². The first-order valence-electron chi connectivity index (χ1n) is 2.96. The van der Waals surface area contributed by atoms with Crippen LogP contribution in [0, 0.1) is 0 Å². The molecule has 0 aromatic carbocycles. The third-order valence-corrected chi connectivity index (χ3v) is 1.28. The molecule has 0 aliphatic heterocycles. The molecule has 62 valence electrons. The van der Waals surface area contributed by atoms with Crippen LogP contribution >= 0.6 is 7.94 Å². The van der Waals surface area contributed by atoms with Gasteiger partial charge in [-0.3, -0.25) is 0 Å². The summed E-state index contributed by atoms with van der Waals surface area (Å²) in [6.45, 7) is 1.44. The summed E-state index contributed by atoms with van der Waals surface area (Å²) in [7, 11) is 2.38. The molecule has 0 aromatic heterocycles. The molecule has 1 unspecified atom stereocenters. The van der Waals surface area contributed by atoms with Crippen molar-refractivity contribution >= 4 is 7.94 Å². The summed E-state index contributed by atoms with van der Waals surface area (Å²) < 4.78 is 5.20. The van der Waals surface area contributed by atoms with E-state index in [1.165, 1.54) is 6.66 Å². The Kier molecular flexibility index (Phi) is 3.20. The van der Waals surface area contributed by atoms with Crippen molar-refractivity contribution in [3.05, 3.63) is 0 Å². The fraction of sp³-hybridized carbons (Fsp3) is 1.00. The number of hydrogen-bond acceptors (Lipinski definition) is 3.